The summed E-state index contributed by atoms with van der Waals surface area (Å²) in [4.78, 5) is 20.8. The van der Waals surface area contributed by atoms with E-state index < -0.39 is 26.0 Å². The molecule has 5 nitrogen and oxygen atoms in total. The monoisotopic (exact) mass is 271 g/mol. The summed E-state index contributed by atoms with van der Waals surface area (Å²) in [6.07, 6.45) is -0.833. The number of para-hydroxylation sites is 1. The van der Waals surface area contributed by atoms with Crippen LogP contribution in [0.4, 0.5) is 0 Å². The number of rotatable bonds is 4. The molecule has 0 saturated carbocycles. The zero-order valence-corrected chi connectivity index (χ0v) is 11.6. The van der Waals surface area contributed by atoms with Crippen molar-refractivity contribution in [1.29, 1.82) is 0 Å². The third-order valence-electron chi connectivity index (χ3n) is 2.18. The smallest absolute Gasteiger partial charge is 0.353 e. The maximum atomic E-state index is 11.8. The molecule has 0 amide bonds. The number of carbonyl (C=O) groups excluding carboxylic acids is 1. The second-order valence-electron chi connectivity index (χ2n) is 4.89. The molecule has 0 bridgehead atoms. The highest BCUT2D eigenvalue weighted by Gasteiger charge is 2.36. The van der Waals surface area contributed by atoms with Crippen molar-refractivity contribution in [3.05, 3.63) is 30.3 Å². The first-order valence-electron chi connectivity index (χ1n) is 5.48. The Morgan fingerprint density at radius 1 is 1.33 bits per heavy atom. The Labute approximate surface area is 108 Å². The first-order chi connectivity index (χ1) is 8.30. The zero-order chi connectivity index (χ0) is 13.8. The Kier molecular flexibility index (Phi) is 5.08. The molecule has 0 heterocycles. The fourth-order valence-electron chi connectivity index (χ4n) is 1.35. The van der Waals surface area contributed by atoms with Gasteiger partial charge in [0.15, 0.2) is 0 Å². The van der Waals surface area contributed by atoms with Crippen LogP contribution in [0.25, 0.3) is 0 Å². The van der Waals surface area contributed by atoms with Gasteiger partial charge in [-0.05, 0) is 12.1 Å². The molecular weight excluding hydrogens is 253 g/mol. The summed E-state index contributed by atoms with van der Waals surface area (Å²) in [5.74, 6) is -0.101. The Morgan fingerprint density at radius 3 is 2.33 bits per heavy atom. The molecule has 1 aromatic rings. The van der Waals surface area contributed by atoms with Gasteiger partial charge >= 0.3 is 14.5 Å². The van der Waals surface area contributed by atoms with Crippen molar-refractivity contribution >= 4 is 14.5 Å². The summed E-state index contributed by atoms with van der Waals surface area (Å²) in [7, 11) is -2.22. The van der Waals surface area contributed by atoms with Crippen LogP contribution >= 0.6 is 8.53 Å². The SMILES string of the molecule is CC(C)(C)C(Oc1ccccc1)C(=O)OP(N)O. The van der Waals surface area contributed by atoms with Crippen LogP contribution in [0.5, 0.6) is 5.75 Å². The predicted molar refractivity (Wildman–Crippen MR) is 69.7 cm³/mol. The van der Waals surface area contributed by atoms with E-state index in [1.165, 1.54) is 0 Å². The van der Waals surface area contributed by atoms with E-state index in [9.17, 15) is 4.79 Å². The summed E-state index contributed by atoms with van der Waals surface area (Å²) in [6, 6.07) is 8.96. The van der Waals surface area contributed by atoms with Crippen molar-refractivity contribution in [1.82, 2.24) is 0 Å². The lowest BCUT2D eigenvalue weighted by atomic mass is 9.89. The molecule has 0 saturated heterocycles. The molecule has 0 fully saturated rings. The molecule has 2 atom stereocenters. The molecule has 0 aliphatic carbocycles. The lowest BCUT2D eigenvalue weighted by Gasteiger charge is -2.29. The molecule has 6 heteroatoms. The van der Waals surface area contributed by atoms with E-state index >= 15 is 0 Å². The minimum Gasteiger partial charge on any atom is -0.478 e. The molecule has 0 aliphatic heterocycles. The molecule has 1 aromatic carbocycles. The first kappa shape index (κ1) is 14.9. The molecular formula is C12H18NO4P. The van der Waals surface area contributed by atoms with Gasteiger partial charge in [-0.2, -0.15) is 0 Å². The van der Waals surface area contributed by atoms with Gasteiger partial charge in [-0.25, -0.2) is 4.79 Å². The normalized spacial score (nSPS) is 14.7. The fraction of sp³-hybridized carbons (Fsp3) is 0.417. The highest BCUT2D eigenvalue weighted by atomic mass is 31.2. The molecule has 3 N–H and O–H groups in total. The van der Waals surface area contributed by atoms with Gasteiger partial charge in [0.1, 0.15) is 5.75 Å². The van der Waals surface area contributed by atoms with Crippen LogP contribution in [-0.2, 0) is 9.32 Å². The van der Waals surface area contributed by atoms with Crippen molar-refractivity contribution in [3.63, 3.8) is 0 Å². The summed E-state index contributed by atoms with van der Waals surface area (Å²) < 4.78 is 10.3. The molecule has 0 aromatic heterocycles. The van der Waals surface area contributed by atoms with E-state index in [0.29, 0.717) is 5.75 Å². The third-order valence-corrected chi connectivity index (χ3v) is 2.55. The van der Waals surface area contributed by atoms with E-state index in [2.05, 4.69) is 4.52 Å². The number of benzene rings is 1. The van der Waals surface area contributed by atoms with E-state index in [0.717, 1.165) is 0 Å². The van der Waals surface area contributed by atoms with Gasteiger partial charge in [-0.15, -0.1) is 0 Å². The summed E-state index contributed by atoms with van der Waals surface area (Å²) in [6.45, 7) is 5.54. The molecule has 2 unspecified atom stereocenters. The van der Waals surface area contributed by atoms with Gasteiger partial charge in [0.2, 0.25) is 6.10 Å². The number of nitrogens with two attached hydrogens (primary N) is 1. The molecule has 0 aliphatic rings. The fourth-order valence-corrected chi connectivity index (χ4v) is 1.63. The van der Waals surface area contributed by atoms with Gasteiger partial charge in [0.25, 0.3) is 0 Å². The molecule has 1 rings (SSSR count). The Balaban J connectivity index is 2.83. The van der Waals surface area contributed by atoms with E-state index in [-0.39, 0.29) is 0 Å². The number of hydrogen-bond acceptors (Lipinski definition) is 5. The van der Waals surface area contributed by atoms with Gasteiger partial charge in [-0.3, -0.25) is 5.50 Å². The van der Waals surface area contributed by atoms with Crippen molar-refractivity contribution < 1.29 is 18.9 Å². The molecule has 0 radical (unpaired) electrons. The second-order valence-corrected chi connectivity index (χ2v) is 5.68. The van der Waals surface area contributed by atoms with Crippen molar-refractivity contribution in [3.8, 4) is 5.75 Å². The zero-order valence-electron chi connectivity index (χ0n) is 10.7. The largest absolute Gasteiger partial charge is 0.478 e. The summed E-state index contributed by atoms with van der Waals surface area (Å²) >= 11 is 0. The highest BCUT2D eigenvalue weighted by Crippen LogP contribution is 2.29. The Bertz CT molecular complexity index is 389. The van der Waals surface area contributed by atoms with Crippen LogP contribution in [0.15, 0.2) is 30.3 Å². The van der Waals surface area contributed by atoms with E-state index in [4.69, 9.17) is 15.1 Å². The Morgan fingerprint density at radius 2 is 1.89 bits per heavy atom. The van der Waals surface area contributed by atoms with Gasteiger partial charge in [0, 0.05) is 5.41 Å². The number of hydrogen-bond donors (Lipinski definition) is 2. The van der Waals surface area contributed by atoms with Gasteiger partial charge < -0.3 is 14.2 Å². The maximum absolute atomic E-state index is 11.8. The van der Waals surface area contributed by atoms with E-state index in [1.54, 1.807) is 12.1 Å². The summed E-state index contributed by atoms with van der Waals surface area (Å²) in [5, 5.41) is 0. The highest BCUT2D eigenvalue weighted by molar-refractivity contribution is 7.44. The quantitative estimate of drug-likeness (QED) is 0.820. The van der Waals surface area contributed by atoms with Crippen LogP contribution in [0.3, 0.4) is 0 Å². The Hall–Kier alpha value is -1.16. The average Bonchev–Trinajstić information content (AvgIpc) is 2.24. The number of ether oxygens (including phenoxy) is 1. The topological polar surface area (TPSA) is 81.8 Å². The van der Waals surface area contributed by atoms with Crippen LogP contribution in [0, 0.1) is 5.41 Å². The van der Waals surface area contributed by atoms with E-state index in [1.807, 2.05) is 39.0 Å². The number of carbonyl (C=O) groups is 1. The predicted octanol–water partition coefficient (Wildman–Crippen LogP) is 2.20. The van der Waals surface area contributed by atoms with Crippen molar-refractivity contribution in [2.45, 2.75) is 26.9 Å². The average molecular weight is 271 g/mol. The van der Waals surface area contributed by atoms with Crippen molar-refractivity contribution in [2.75, 3.05) is 0 Å². The molecule has 100 valence electrons. The van der Waals surface area contributed by atoms with Crippen LogP contribution < -0.4 is 10.2 Å². The van der Waals surface area contributed by atoms with Gasteiger partial charge in [0.05, 0.1) is 0 Å². The summed E-state index contributed by atoms with van der Waals surface area (Å²) in [5.41, 5.74) is 4.62. The van der Waals surface area contributed by atoms with Crippen LogP contribution in [0.2, 0.25) is 0 Å². The standard InChI is InChI=1S/C12H18NO4P/c1-12(2,3)10(11(14)17-18(13)15)16-9-7-5-4-6-8-9/h4-8,10,15H,13H2,1-3H3. The lowest BCUT2D eigenvalue weighted by molar-refractivity contribution is -0.147. The minimum atomic E-state index is -2.22. The molecule has 0 spiro atoms. The van der Waals surface area contributed by atoms with Gasteiger partial charge in [-0.1, -0.05) is 39.0 Å². The van der Waals surface area contributed by atoms with Crippen LogP contribution in [-0.4, -0.2) is 17.0 Å². The minimum absolute atomic E-state index is 0.474. The third kappa shape index (κ3) is 4.61. The van der Waals surface area contributed by atoms with Crippen LogP contribution in [0.1, 0.15) is 20.8 Å². The van der Waals surface area contributed by atoms with Crippen molar-refractivity contribution in [2.24, 2.45) is 10.9 Å². The molecule has 18 heavy (non-hydrogen) atoms. The maximum Gasteiger partial charge on any atom is 0.353 e. The first-order valence-corrected chi connectivity index (χ1v) is 6.76. The second kappa shape index (κ2) is 6.14. The lowest BCUT2D eigenvalue weighted by Crippen LogP contribution is -2.40.